The number of carboxylic acid groups (broad SMARTS) is 1. The van der Waals surface area contributed by atoms with Crippen molar-refractivity contribution in [2.45, 2.75) is 57.8 Å². The Bertz CT molecular complexity index is 399. The predicted molar refractivity (Wildman–Crippen MR) is 86.3 cm³/mol. The number of carbonyl (C=O) groups excluding carboxylic acids is 1. The average Bonchev–Trinajstić information content (AvgIpc) is 2.89. The zero-order valence-electron chi connectivity index (χ0n) is 14.3. The molecule has 6 nitrogen and oxygen atoms in total. The molecule has 0 saturated carbocycles. The molecule has 0 aromatic rings. The minimum atomic E-state index is -1.90. The van der Waals surface area contributed by atoms with Crippen LogP contribution in [0.2, 0.25) is 18.1 Å². The number of aliphatic carboxylic acids is 1. The zero-order valence-corrected chi connectivity index (χ0v) is 15.3. The Morgan fingerprint density at radius 2 is 2.05 bits per heavy atom. The molecule has 1 amide bonds. The standard InChI is InChI=1S/C15H29NO5Si/c1-15(2,3)22(4,5)21-9-7-12(14(18)19)16-13(17)11-6-8-20-10-11/h11-12H,6-10H2,1-5H3,(H,16,17)(H,18,19)/t11-,12+/m1/s1. The highest BCUT2D eigenvalue weighted by atomic mass is 28.4. The number of hydrogen-bond acceptors (Lipinski definition) is 4. The molecular weight excluding hydrogens is 302 g/mol. The summed E-state index contributed by atoms with van der Waals surface area (Å²) in [5.41, 5.74) is 0. The lowest BCUT2D eigenvalue weighted by molar-refractivity contribution is -0.142. The first-order valence-corrected chi connectivity index (χ1v) is 10.7. The Morgan fingerprint density at radius 3 is 2.50 bits per heavy atom. The number of carboxylic acids is 1. The first-order chi connectivity index (χ1) is 10.0. The van der Waals surface area contributed by atoms with Gasteiger partial charge in [0.25, 0.3) is 0 Å². The molecule has 1 rings (SSSR count). The van der Waals surface area contributed by atoms with Gasteiger partial charge in [-0.15, -0.1) is 0 Å². The molecule has 2 N–H and O–H groups in total. The second-order valence-corrected chi connectivity index (χ2v) is 12.2. The van der Waals surface area contributed by atoms with E-state index in [1.54, 1.807) is 0 Å². The van der Waals surface area contributed by atoms with Crippen LogP contribution in [0.15, 0.2) is 0 Å². The van der Waals surface area contributed by atoms with Crippen molar-refractivity contribution in [1.29, 1.82) is 0 Å². The largest absolute Gasteiger partial charge is 0.480 e. The van der Waals surface area contributed by atoms with Crippen LogP contribution in [0, 0.1) is 5.92 Å². The summed E-state index contributed by atoms with van der Waals surface area (Å²) in [6.07, 6.45) is 0.930. The molecule has 1 aliphatic rings. The maximum Gasteiger partial charge on any atom is 0.326 e. The van der Waals surface area contributed by atoms with Crippen molar-refractivity contribution >= 4 is 20.2 Å². The van der Waals surface area contributed by atoms with Crippen molar-refractivity contribution in [1.82, 2.24) is 5.32 Å². The Labute approximate surface area is 133 Å². The summed E-state index contributed by atoms with van der Waals surface area (Å²) in [6, 6.07) is -0.905. The number of rotatable bonds is 7. The molecule has 1 saturated heterocycles. The van der Waals surface area contributed by atoms with Gasteiger partial charge in [0, 0.05) is 19.6 Å². The van der Waals surface area contributed by atoms with Crippen LogP contribution >= 0.6 is 0 Å². The van der Waals surface area contributed by atoms with Gasteiger partial charge in [-0.3, -0.25) is 4.79 Å². The summed E-state index contributed by atoms with van der Waals surface area (Å²) < 4.78 is 11.1. The van der Waals surface area contributed by atoms with Gasteiger partial charge in [-0.1, -0.05) is 20.8 Å². The monoisotopic (exact) mass is 331 g/mol. The minimum absolute atomic E-state index is 0.0795. The highest BCUT2D eigenvalue weighted by molar-refractivity contribution is 6.74. The van der Waals surface area contributed by atoms with E-state index in [0.717, 1.165) is 0 Å². The highest BCUT2D eigenvalue weighted by Gasteiger charge is 2.37. The van der Waals surface area contributed by atoms with Gasteiger partial charge in [0.05, 0.1) is 12.5 Å². The number of carbonyl (C=O) groups is 2. The average molecular weight is 331 g/mol. The normalized spacial score (nSPS) is 20.7. The van der Waals surface area contributed by atoms with Gasteiger partial charge in [-0.25, -0.2) is 4.79 Å². The van der Waals surface area contributed by atoms with Crippen molar-refractivity contribution < 1.29 is 23.9 Å². The lowest BCUT2D eigenvalue weighted by Gasteiger charge is -2.36. The van der Waals surface area contributed by atoms with Crippen molar-refractivity contribution in [2.24, 2.45) is 5.92 Å². The van der Waals surface area contributed by atoms with Gasteiger partial charge in [-0.05, 0) is 24.6 Å². The van der Waals surface area contributed by atoms with Gasteiger partial charge in [0.15, 0.2) is 8.32 Å². The van der Waals surface area contributed by atoms with Crippen molar-refractivity contribution in [3.63, 3.8) is 0 Å². The molecule has 0 spiro atoms. The number of ether oxygens (including phenoxy) is 1. The Kier molecular flexibility index (Phi) is 6.58. The molecular formula is C15H29NO5Si. The molecule has 1 aliphatic heterocycles. The van der Waals surface area contributed by atoms with E-state index in [-0.39, 0.29) is 23.3 Å². The van der Waals surface area contributed by atoms with Crippen molar-refractivity contribution in [3.8, 4) is 0 Å². The fourth-order valence-corrected chi connectivity index (χ4v) is 3.00. The van der Waals surface area contributed by atoms with E-state index < -0.39 is 20.3 Å². The predicted octanol–water partition coefficient (Wildman–Crippen LogP) is 2.00. The lowest BCUT2D eigenvalue weighted by Crippen LogP contribution is -2.46. The van der Waals surface area contributed by atoms with Gasteiger partial charge in [0.1, 0.15) is 6.04 Å². The molecule has 0 aromatic carbocycles. The summed E-state index contributed by atoms with van der Waals surface area (Å²) in [5.74, 6) is -1.49. The van der Waals surface area contributed by atoms with Crippen molar-refractivity contribution in [2.75, 3.05) is 19.8 Å². The maximum absolute atomic E-state index is 12.0. The van der Waals surface area contributed by atoms with Crippen LogP contribution in [0.3, 0.4) is 0 Å². The molecule has 0 bridgehead atoms. The van der Waals surface area contributed by atoms with Crippen LogP contribution in [0.5, 0.6) is 0 Å². The molecule has 0 aliphatic carbocycles. The third-order valence-electron chi connectivity index (χ3n) is 4.59. The Hall–Kier alpha value is -0.923. The molecule has 1 fully saturated rings. The first-order valence-electron chi connectivity index (χ1n) is 7.79. The molecule has 1 heterocycles. The molecule has 7 heteroatoms. The minimum Gasteiger partial charge on any atom is -0.480 e. The topological polar surface area (TPSA) is 84.9 Å². The maximum atomic E-state index is 12.0. The summed E-state index contributed by atoms with van der Waals surface area (Å²) in [7, 11) is -1.90. The van der Waals surface area contributed by atoms with Gasteiger partial charge in [0.2, 0.25) is 5.91 Å². The molecule has 2 atom stereocenters. The lowest BCUT2D eigenvalue weighted by atomic mass is 10.1. The van der Waals surface area contributed by atoms with Crippen LogP contribution in [0.4, 0.5) is 0 Å². The van der Waals surface area contributed by atoms with E-state index in [1.165, 1.54) is 0 Å². The summed E-state index contributed by atoms with van der Waals surface area (Å²) >= 11 is 0. The molecule has 0 radical (unpaired) electrons. The van der Waals surface area contributed by atoms with Gasteiger partial charge < -0.3 is 19.6 Å². The quantitative estimate of drug-likeness (QED) is 0.697. The molecule has 128 valence electrons. The van der Waals surface area contributed by atoms with E-state index in [1.807, 2.05) is 0 Å². The number of amides is 1. The fourth-order valence-electron chi connectivity index (χ4n) is 1.94. The zero-order chi connectivity index (χ0) is 17.0. The van der Waals surface area contributed by atoms with Crippen LogP contribution in [-0.2, 0) is 18.8 Å². The van der Waals surface area contributed by atoms with Crippen LogP contribution < -0.4 is 5.32 Å². The number of hydrogen-bond donors (Lipinski definition) is 2. The van der Waals surface area contributed by atoms with Crippen molar-refractivity contribution in [3.05, 3.63) is 0 Å². The molecule has 0 aromatic heterocycles. The van der Waals surface area contributed by atoms with Crippen LogP contribution in [0.1, 0.15) is 33.6 Å². The summed E-state index contributed by atoms with van der Waals surface area (Å²) in [5, 5.41) is 11.9. The van der Waals surface area contributed by atoms with Gasteiger partial charge >= 0.3 is 5.97 Å². The van der Waals surface area contributed by atoms with E-state index >= 15 is 0 Å². The third-order valence-corrected chi connectivity index (χ3v) is 9.13. The Morgan fingerprint density at radius 1 is 1.41 bits per heavy atom. The second-order valence-electron chi connectivity index (χ2n) is 7.36. The smallest absolute Gasteiger partial charge is 0.326 e. The summed E-state index contributed by atoms with van der Waals surface area (Å²) in [6.45, 7) is 11.9. The SMILES string of the molecule is CC(C)(C)[Si](C)(C)OCC[C@H](NC(=O)[C@@H]1CCOC1)C(=O)O. The highest BCUT2D eigenvalue weighted by Crippen LogP contribution is 2.36. The first kappa shape index (κ1) is 19.1. The molecule has 22 heavy (non-hydrogen) atoms. The summed E-state index contributed by atoms with van der Waals surface area (Å²) in [4.78, 5) is 23.3. The second kappa shape index (κ2) is 7.57. The Balaban J connectivity index is 2.48. The third kappa shape index (κ3) is 5.37. The fraction of sp³-hybridized carbons (Fsp3) is 0.867. The van der Waals surface area contributed by atoms with E-state index in [9.17, 15) is 14.7 Å². The number of nitrogens with one attached hydrogen (secondary N) is 1. The van der Waals surface area contributed by atoms with E-state index in [0.29, 0.717) is 26.2 Å². The van der Waals surface area contributed by atoms with E-state index in [4.69, 9.17) is 9.16 Å². The van der Waals surface area contributed by atoms with Crippen LogP contribution in [0.25, 0.3) is 0 Å². The van der Waals surface area contributed by atoms with E-state index in [2.05, 4.69) is 39.2 Å². The van der Waals surface area contributed by atoms with Gasteiger partial charge in [-0.2, -0.15) is 0 Å². The molecule has 0 unspecified atom stereocenters. The van der Waals surface area contributed by atoms with Crippen LogP contribution in [-0.4, -0.2) is 51.2 Å².